The molecule has 0 heterocycles. The van der Waals surface area contributed by atoms with Crippen molar-refractivity contribution in [3.63, 3.8) is 0 Å². The number of rotatable bonds is 5. The van der Waals surface area contributed by atoms with E-state index in [1.807, 2.05) is 6.92 Å². The molecule has 0 N–H and O–H groups in total. The summed E-state index contributed by atoms with van der Waals surface area (Å²) in [5.41, 5.74) is 0. The molecular formula is C8H20O2Si. The average Bonchev–Trinajstić information content (AvgIpc) is 1.99. The van der Waals surface area contributed by atoms with Crippen LogP contribution in [0.3, 0.4) is 0 Å². The van der Waals surface area contributed by atoms with Gasteiger partial charge in [-0.2, -0.15) is 0 Å². The van der Waals surface area contributed by atoms with E-state index in [-0.39, 0.29) is 6.29 Å². The lowest BCUT2D eigenvalue weighted by Crippen LogP contribution is -2.18. The molecule has 2 nitrogen and oxygen atoms in total. The smallest absolute Gasteiger partial charge is 0.149 e. The maximum Gasteiger partial charge on any atom is 0.149 e. The summed E-state index contributed by atoms with van der Waals surface area (Å²) in [6, 6.07) is 0. The third-order valence-electron chi connectivity index (χ3n) is 2.06. The monoisotopic (exact) mass is 176 g/mol. The van der Waals surface area contributed by atoms with Crippen LogP contribution in [0.1, 0.15) is 27.7 Å². The van der Waals surface area contributed by atoms with Gasteiger partial charge in [-0.25, -0.2) is 0 Å². The zero-order chi connectivity index (χ0) is 8.85. The van der Waals surface area contributed by atoms with E-state index < -0.39 is 0 Å². The minimum atomic E-state index is -0.0112. The van der Waals surface area contributed by atoms with Crippen molar-refractivity contribution in [3.8, 4) is 0 Å². The minimum Gasteiger partial charge on any atom is -0.404 e. The maximum atomic E-state index is 5.43. The molecule has 0 aliphatic heterocycles. The van der Waals surface area contributed by atoms with Crippen molar-refractivity contribution in [1.82, 2.24) is 0 Å². The van der Waals surface area contributed by atoms with Gasteiger partial charge < -0.3 is 9.16 Å². The van der Waals surface area contributed by atoms with Crippen molar-refractivity contribution in [2.24, 2.45) is 11.8 Å². The van der Waals surface area contributed by atoms with Crippen LogP contribution in [0, 0.1) is 11.8 Å². The Kier molecular flexibility index (Phi) is 5.82. The van der Waals surface area contributed by atoms with Crippen LogP contribution in [0.15, 0.2) is 0 Å². The molecule has 0 bridgehead atoms. The largest absolute Gasteiger partial charge is 0.404 e. The zero-order valence-electron chi connectivity index (χ0n) is 8.26. The minimum absolute atomic E-state index is 0.0112. The fourth-order valence-electron chi connectivity index (χ4n) is 0.548. The van der Waals surface area contributed by atoms with E-state index in [0.29, 0.717) is 11.8 Å². The van der Waals surface area contributed by atoms with E-state index >= 15 is 0 Å². The van der Waals surface area contributed by atoms with E-state index in [4.69, 9.17) is 9.16 Å². The summed E-state index contributed by atoms with van der Waals surface area (Å²) >= 11 is 0. The molecule has 0 aromatic rings. The molecule has 0 aliphatic carbocycles. The fraction of sp³-hybridized carbons (Fsp3) is 1.00. The zero-order valence-corrected chi connectivity index (χ0v) is 10.3. The topological polar surface area (TPSA) is 18.5 Å². The van der Waals surface area contributed by atoms with Crippen LogP contribution in [0.25, 0.3) is 0 Å². The van der Waals surface area contributed by atoms with Crippen molar-refractivity contribution in [3.05, 3.63) is 0 Å². The molecule has 2 unspecified atom stereocenters. The van der Waals surface area contributed by atoms with Gasteiger partial charge in [0.1, 0.15) is 16.8 Å². The summed E-state index contributed by atoms with van der Waals surface area (Å²) in [7, 11) is 0.754. The molecule has 0 radical (unpaired) electrons. The maximum absolute atomic E-state index is 5.43. The normalized spacial score (nSPS) is 17.2. The third-order valence-corrected chi connectivity index (χ3v) is 2.73. The van der Waals surface area contributed by atoms with Crippen LogP contribution >= 0.6 is 0 Å². The van der Waals surface area contributed by atoms with Crippen molar-refractivity contribution in [1.29, 1.82) is 0 Å². The predicted octanol–water partition coefficient (Wildman–Crippen LogP) is 0.938. The quantitative estimate of drug-likeness (QED) is 0.458. The van der Waals surface area contributed by atoms with Gasteiger partial charge in [0.25, 0.3) is 0 Å². The van der Waals surface area contributed by atoms with Crippen molar-refractivity contribution in [2.75, 3.05) is 6.61 Å². The first-order valence-corrected chi connectivity index (χ1v) is 5.04. The lowest BCUT2D eigenvalue weighted by Gasteiger charge is -2.18. The first-order valence-electron chi connectivity index (χ1n) is 4.22. The number of hydrogen-bond donors (Lipinski definition) is 0. The summed E-state index contributed by atoms with van der Waals surface area (Å²) in [4.78, 5) is 0. The van der Waals surface area contributed by atoms with Crippen LogP contribution in [0.5, 0.6) is 0 Å². The van der Waals surface area contributed by atoms with Crippen LogP contribution in [0.4, 0.5) is 0 Å². The molecule has 0 amide bonds. The van der Waals surface area contributed by atoms with Gasteiger partial charge >= 0.3 is 0 Å². The van der Waals surface area contributed by atoms with E-state index in [0.717, 1.165) is 17.1 Å². The number of ether oxygens (including phenoxy) is 1. The van der Waals surface area contributed by atoms with Crippen LogP contribution < -0.4 is 0 Å². The lowest BCUT2D eigenvalue weighted by molar-refractivity contribution is -0.0779. The Labute approximate surface area is 72.8 Å². The molecule has 0 saturated carbocycles. The second-order valence-corrected chi connectivity index (χ2v) is 3.83. The molecule has 0 aromatic heterocycles. The number of hydrogen-bond acceptors (Lipinski definition) is 2. The van der Waals surface area contributed by atoms with Gasteiger partial charge in [0.2, 0.25) is 0 Å². The fourth-order valence-corrected chi connectivity index (χ4v) is 0.684. The Morgan fingerprint density at radius 1 is 1.18 bits per heavy atom. The summed E-state index contributed by atoms with van der Waals surface area (Å²) < 4.78 is 10.5. The van der Waals surface area contributed by atoms with Gasteiger partial charge in [0.15, 0.2) is 0 Å². The standard InChI is InChI=1S/C8H20O2Si/c1-6(2)7(3)5-9-8(4)10-11/h6-8H,5H2,1-4,11H3. The molecule has 0 saturated heterocycles. The highest BCUT2D eigenvalue weighted by molar-refractivity contribution is 5.98. The van der Waals surface area contributed by atoms with Gasteiger partial charge in [0, 0.05) is 0 Å². The SMILES string of the molecule is CC(O[SiH3])OCC(C)C(C)C. The Hall–Kier alpha value is 0.137. The molecule has 0 aliphatic rings. The van der Waals surface area contributed by atoms with Gasteiger partial charge in [-0.05, 0) is 18.8 Å². The summed E-state index contributed by atoms with van der Waals surface area (Å²) in [5, 5.41) is 0. The molecule has 2 atom stereocenters. The molecule has 3 heteroatoms. The van der Waals surface area contributed by atoms with E-state index in [9.17, 15) is 0 Å². The van der Waals surface area contributed by atoms with Crippen LogP contribution in [0.2, 0.25) is 0 Å². The van der Waals surface area contributed by atoms with E-state index in [2.05, 4.69) is 20.8 Å². The molecule has 11 heavy (non-hydrogen) atoms. The second kappa shape index (κ2) is 5.74. The van der Waals surface area contributed by atoms with Gasteiger partial charge in [-0.15, -0.1) is 0 Å². The lowest BCUT2D eigenvalue weighted by atomic mass is 9.99. The molecule has 68 valence electrons. The Morgan fingerprint density at radius 2 is 1.73 bits per heavy atom. The predicted molar refractivity (Wildman–Crippen MR) is 50.4 cm³/mol. The Morgan fingerprint density at radius 3 is 2.09 bits per heavy atom. The first-order chi connectivity index (χ1) is 5.07. The first kappa shape index (κ1) is 11.1. The second-order valence-electron chi connectivity index (χ2n) is 3.36. The molecule has 0 rings (SSSR count). The average molecular weight is 176 g/mol. The van der Waals surface area contributed by atoms with Gasteiger partial charge in [-0.1, -0.05) is 20.8 Å². The van der Waals surface area contributed by atoms with Crippen molar-refractivity contribution >= 4 is 10.5 Å². The van der Waals surface area contributed by atoms with E-state index in [1.165, 1.54) is 0 Å². The van der Waals surface area contributed by atoms with Crippen LogP contribution in [-0.4, -0.2) is 23.4 Å². The third kappa shape index (κ3) is 5.41. The van der Waals surface area contributed by atoms with E-state index in [1.54, 1.807) is 0 Å². The molecular weight excluding hydrogens is 156 g/mol. The Bertz CT molecular complexity index is 96.1. The van der Waals surface area contributed by atoms with Crippen molar-refractivity contribution in [2.45, 2.75) is 34.0 Å². The highest BCUT2D eigenvalue weighted by Crippen LogP contribution is 2.10. The Balaban J connectivity index is 3.37. The molecule has 0 fully saturated rings. The highest BCUT2D eigenvalue weighted by atomic mass is 28.2. The van der Waals surface area contributed by atoms with Gasteiger partial charge in [0.05, 0.1) is 6.61 Å². The summed E-state index contributed by atoms with van der Waals surface area (Å²) in [5.74, 6) is 1.31. The van der Waals surface area contributed by atoms with Gasteiger partial charge in [-0.3, -0.25) is 0 Å². The highest BCUT2D eigenvalue weighted by Gasteiger charge is 2.08. The summed E-state index contributed by atoms with van der Waals surface area (Å²) in [6.07, 6.45) is -0.0112. The van der Waals surface area contributed by atoms with Crippen molar-refractivity contribution < 1.29 is 9.16 Å². The molecule has 0 spiro atoms. The summed E-state index contributed by atoms with van der Waals surface area (Å²) in [6.45, 7) is 9.37. The molecule has 0 aromatic carbocycles. The van der Waals surface area contributed by atoms with Crippen LogP contribution in [-0.2, 0) is 9.16 Å².